The van der Waals surface area contributed by atoms with Crippen LogP contribution in [-0.2, 0) is 0 Å². The lowest BCUT2D eigenvalue weighted by Crippen LogP contribution is -2.41. The SMILES string of the molecule is Nc1cccc(-c2ccc(NCCCN3C(=O)c4cccc5cccc(c45)C3=O)cc2)c1. The molecule has 4 aromatic carbocycles. The molecule has 0 radical (unpaired) electrons. The molecule has 5 nitrogen and oxygen atoms in total. The van der Waals surface area contributed by atoms with Gasteiger partial charge in [0.15, 0.2) is 0 Å². The number of nitrogens with zero attached hydrogens (tertiary/aromatic N) is 1. The van der Waals surface area contributed by atoms with E-state index >= 15 is 0 Å². The van der Waals surface area contributed by atoms with Crippen molar-refractivity contribution in [2.24, 2.45) is 0 Å². The van der Waals surface area contributed by atoms with E-state index in [1.54, 1.807) is 12.1 Å². The van der Waals surface area contributed by atoms with E-state index in [0.717, 1.165) is 33.3 Å². The molecule has 0 fully saturated rings. The Kier molecular flexibility index (Phi) is 5.07. The van der Waals surface area contributed by atoms with Gasteiger partial charge in [-0.25, -0.2) is 0 Å². The van der Waals surface area contributed by atoms with Gasteiger partial charge in [-0.15, -0.1) is 0 Å². The Morgan fingerprint density at radius 2 is 1.41 bits per heavy atom. The molecule has 0 spiro atoms. The summed E-state index contributed by atoms with van der Waals surface area (Å²) >= 11 is 0. The van der Waals surface area contributed by atoms with Crippen molar-refractivity contribution in [3.63, 3.8) is 0 Å². The quantitative estimate of drug-likeness (QED) is 0.255. The number of nitrogens with two attached hydrogens (primary N) is 1. The van der Waals surface area contributed by atoms with Crippen molar-refractivity contribution in [3.05, 3.63) is 96.1 Å². The second kappa shape index (κ2) is 8.19. The Morgan fingerprint density at radius 3 is 2.06 bits per heavy atom. The van der Waals surface area contributed by atoms with E-state index in [1.165, 1.54) is 4.90 Å². The standard InChI is InChI=1S/C27H23N3O2/c28-21-8-1-7-20(17-21)18-11-13-22(14-12-18)29-15-4-16-30-26(31)23-9-2-5-19-6-3-10-24(25(19)23)27(30)32/h1-3,5-14,17,29H,4,15-16,28H2. The number of hydrogen-bond acceptors (Lipinski definition) is 4. The maximum Gasteiger partial charge on any atom is 0.261 e. The zero-order valence-corrected chi connectivity index (χ0v) is 17.5. The predicted octanol–water partition coefficient (Wildman–Crippen LogP) is 5.19. The van der Waals surface area contributed by atoms with Crippen LogP contribution in [0.25, 0.3) is 21.9 Å². The zero-order chi connectivity index (χ0) is 22.1. The molecular weight excluding hydrogens is 398 g/mol. The van der Waals surface area contributed by atoms with E-state index in [4.69, 9.17) is 5.73 Å². The number of carbonyl (C=O) groups excluding carboxylic acids is 2. The van der Waals surface area contributed by atoms with Gasteiger partial charge in [0, 0.05) is 41.0 Å². The molecule has 158 valence electrons. The average molecular weight is 422 g/mol. The van der Waals surface area contributed by atoms with Crippen molar-refractivity contribution in [2.75, 3.05) is 24.1 Å². The second-order valence-electron chi connectivity index (χ2n) is 7.95. The van der Waals surface area contributed by atoms with E-state index in [0.29, 0.717) is 30.6 Å². The summed E-state index contributed by atoms with van der Waals surface area (Å²) in [5, 5.41) is 5.05. The number of imide groups is 1. The van der Waals surface area contributed by atoms with E-state index in [1.807, 2.05) is 72.8 Å². The number of carbonyl (C=O) groups is 2. The van der Waals surface area contributed by atoms with Crippen LogP contribution in [0.5, 0.6) is 0 Å². The Balaban J connectivity index is 1.22. The first kappa shape index (κ1) is 19.8. The minimum Gasteiger partial charge on any atom is -0.399 e. The highest BCUT2D eigenvalue weighted by Gasteiger charge is 2.31. The molecule has 0 saturated carbocycles. The van der Waals surface area contributed by atoms with Gasteiger partial charge in [0.25, 0.3) is 11.8 Å². The Morgan fingerprint density at radius 1 is 0.750 bits per heavy atom. The summed E-state index contributed by atoms with van der Waals surface area (Å²) in [5.74, 6) is -0.434. The fraction of sp³-hybridized carbons (Fsp3) is 0.111. The molecule has 0 saturated heterocycles. The van der Waals surface area contributed by atoms with Gasteiger partial charge in [0.1, 0.15) is 0 Å². The Hall–Kier alpha value is -4.12. The summed E-state index contributed by atoms with van der Waals surface area (Å²) in [7, 11) is 0. The molecule has 0 bridgehead atoms. The van der Waals surface area contributed by atoms with Gasteiger partial charge in [-0.2, -0.15) is 0 Å². The lowest BCUT2D eigenvalue weighted by Gasteiger charge is -2.27. The van der Waals surface area contributed by atoms with Gasteiger partial charge >= 0.3 is 0 Å². The molecule has 32 heavy (non-hydrogen) atoms. The molecule has 3 N–H and O–H groups in total. The summed E-state index contributed by atoms with van der Waals surface area (Å²) in [6.07, 6.45) is 0.659. The van der Waals surface area contributed by atoms with Crippen LogP contribution >= 0.6 is 0 Å². The third-order valence-electron chi connectivity index (χ3n) is 5.85. The van der Waals surface area contributed by atoms with E-state index in [9.17, 15) is 9.59 Å². The molecule has 2 amide bonds. The number of hydrogen-bond donors (Lipinski definition) is 2. The highest BCUT2D eigenvalue weighted by Crippen LogP contribution is 2.30. The molecule has 5 rings (SSSR count). The molecule has 0 aliphatic carbocycles. The maximum absolute atomic E-state index is 12.9. The van der Waals surface area contributed by atoms with Crippen molar-refractivity contribution in [2.45, 2.75) is 6.42 Å². The summed E-state index contributed by atoms with van der Waals surface area (Å²) in [6, 6.07) is 27.1. The largest absolute Gasteiger partial charge is 0.399 e. The van der Waals surface area contributed by atoms with Gasteiger partial charge in [0.05, 0.1) is 0 Å². The number of anilines is 2. The fourth-order valence-electron chi connectivity index (χ4n) is 4.25. The van der Waals surface area contributed by atoms with Crippen LogP contribution in [0.3, 0.4) is 0 Å². The maximum atomic E-state index is 12.9. The minimum atomic E-state index is -0.217. The lowest BCUT2D eigenvalue weighted by atomic mass is 9.94. The molecule has 4 aromatic rings. The Bertz CT molecular complexity index is 1280. The van der Waals surface area contributed by atoms with Gasteiger partial charge in [-0.3, -0.25) is 14.5 Å². The second-order valence-corrected chi connectivity index (χ2v) is 7.95. The normalized spacial score (nSPS) is 12.9. The van der Waals surface area contributed by atoms with Gasteiger partial charge < -0.3 is 11.1 Å². The number of benzene rings is 4. The molecule has 1 aliphatic rings. The van der Waals surface area contributed by atoms with Crippen LogP contribution in [0, 0.1) is 0 Å². The molecule has 0 aromatic heterocycles. The summed E-state index contributed by atoms with van der Waals surface area (Å²) in [6.45, 7) is 1.03. The first-order valence-electron chi connectivity index (χ1n) is 10.7. The first-order chi connectivity index (χ1) is 15.6. The first-order valence-corrected chi connectivity index (χ1v) is 10.7. The third kappa shape index (κ3) is 3.58. The number of nitrogen functional groups attached to an aromatic ring is 1. The van der Waals surface area contributed by atoms with Crippen molar-refractivity contribution in [3.8, 4) is 11.1 Å². The van der Waals surface area contributed by atoms with Crippen LogP contribution < -0.4 is 11.1 Å². The zero-order valence-electron chi connectivity index (χ0n) is 17.5. The predicted molar refractivity (Wildman–Crippen MR) is 129 cm³/mol. The van der Waals surface area contributed by atoms with Crippen molar-refractivity contribution >= 4 is 34.0 Å². The van der Waals surface area contributed by atoms with Crippen LogP contribution in [0.1, 0.15) is 27.1 Å². The highest BCUT2D eigenvalue weighted by molar-refractivity contribution is 6.25. The van der Waals surface area contributed by atoms with Gasteiger partial charge in [-0.05, 0) is 59.3 Å². The number of nitrogens with one attached hydrogen (secondary N) is 1. The summed E-state index contributed by atoms with van der Waals surface area (Å²) in [5.41, 5.74) is 11.0. The molecule has 5 heteroatoms. The smallest absolute Gasteiger partial charge is 0.261 e. The van der Waals surface area contributed by atoms with Crippen LogP contribution in [0.15, 0.2) is 84.9 Å². The monoisotopic (exact) mass is 421 g/mol. The molecule has 0 atom stereocenters. The van der Waals surface area contributed by atoms with Crippen molar-refractivity contribution < 1.29 is 9.59 Å². The lowest BCUT2D eigenvalue weighted by molar-refractivity contribution is 0.0610. The highest BCUT2D eigenvalue weighted by atomic mass is 16.2. The Labute approximate surface area is 186 Å². The minimum absolute atomic E-state index is 0.217. The van der Waals surface area contributed by atoms with Gasteiger partial charge in [-0.1, -0.05) is 48.5 Å². The number of amides is 2. The number of rotatable bonds is 6. The molecule has 0 unspecified atom stereocenters. The van der Waals surface area contributed by atoms with Crippen molar-refractivity contribution in [1.82, 2.24) is 4.90 Å². The third-order valence-corrected chi connectivity index (χ3v) is 5.85. The van der Waals surface area contributed by atoms with E-state index in [2.05, 4.69) is 5.32 Å². The summed E-state index contributed by atoms with van der Waals surface area (Å²) in [4.78, 5) is 27.3. The molecule has 1 heterocycles. The van der Waals surface area contributed by atoms with Crippen molar-refractivity contribution in [1.29, 1.82) is 0 Å². The van der Waals surface area contributed by atoms with Crippen LogP contribution in [0.2, 0.25) is 0 Å². The van der Waals surface area contributed by atoms with Crippen LogP contribution in [0.4, 0.5) is 11.4 Å². The molecule has 1 aliphatic heterocycles. The topological polar surface area (TPSA) is 75.4 Å². The van der Waals surface area contributed by atoms with Gasteiger partial charge in [0.2, 0.25) is 0 Å². The average Bonchev–Trinajstić information content (AvgIpc) is 2.82. The fourth-order valence-corrected chi connectivity index (χ4v) is 4.25. The van der Waals surface area contributed by atoms with Crippen LogP contribution in [-0.4, -0.2) is 29.8 Å². The summed E-state index contributed by atoms with van der Waals surface area (Å²) < 4.78 is 0. The molecular formula is C27H23N3O2. The van der Waals surface area contributed by atoms with E-state index < -0.39 is 0 Å². The van der Waals surface area contributed by atoms with E-state index in [-0.39, 0.29) is 11.8 Å².